The van der Waals surface area contributed by atoms with Gasteiger partial charge >= 0.3 is 6.61 Å². The van der Waals surface area contributed by atoms with Gasteiger partial charge in [0.15, 0.2) is 0 Å². The third-order valence-electron chi connectivity index (χ3n) is 4.77. The Labute approximate surface area is 177 Å². The van der Waals surface area contributed by atoms with Crippen molar-refractivity contribution >= 4 is 16.8 Å². The molecule has 0 aliphatic heterocycles. The van der Waals surface area contributed by atoms with Crippen LogP contribution in [0, 0.1) is 0 Å². The Bertz CT molecular complexity index is 1180. The van der Waals surface area contributed by atoms with Crippen LogP contribution in [0.1, 0.15) is 15.9 Å². The molecule has 0 bridgehead atoms. The summed E-state index contributed by atoms with van der Waals surface area (Å²) < 4.78 is 28.8. The third kappa shape index (κ3) is 5.01. The number of pyridine rings is 2. The number of amides is 1. The maximum atomic E-state index is 12.9. The first kappa shape index (κ1) is 20.4. The van der Waals surface area contributed by atoms with E-state index in [1.165, 1.54) is 12.1 Å². The van der Waals surface area contributed by atoms with Crippen molar-refractivity contribution in [2.45, 2.75) is 13.0 Å². The van der Waals surface area contributed by atoms with Gasteiger partial charge in [0.25, 0.3) is 5.91 Å². The Morgan fingerprint density at radius 2 is 1.84 bits per heavy atom. The summed E-state index contributed by atoms with van der Waals surface area (Å²) in [7, 11) is 0. The Morgan fingerprint density at radius 1 is 1.03 bits per heavy atom. The summed E-state index contributed by atoms with van der Waals surface area (Å²) in [5.74, 6) is -0.102. The monoisotopic (exact) mass is 419 g/mol. The number of aromatic nitrogens is 2. The van der Waals surface area contributed by atoms with Crippen LogP contribution < -0.4 is 10.1 Å². The van der Waals surface area contributed by atoms with Crippen LogP contribution in [0.25, 0.3) is 22.2 Å². The highest BCUT2D eigenvalue weighted by atomic mass is 19.3. The first-order valence-electron chi connectivity index (χ1n) is 9.72. The molecule has 0 radical (unpaired) electrons. The van der Waals surface area contributed by atoms with Gasteiger partial charge in [0.1, 0.15) is 5.75 Å². The minimum Gasteiger partial charge on any atom is -0.435 e. The molecule has 0 saturated heterocycles. The smallest absolute Gasteiger partial charge is 0.387 e. The zero-order valence-electron chi connectivity index (χ0n) is 16.5. The van der Waals surface area contributed by atoms with Crippen LogP contribution in [0.5, 0.6) is 5.75 Å². The average Bonchev–Trinajstić information content (AvgIpc) is 2.79. The summed E-state index contributed by atoms with van der Waals surface area (Å²) >= 11 is 0. The van der Waals surface area contributed by atoms with Gasteiger partial charge in [-0.2, -0.15) is 8.78 Å². The number of ether oxygens (including phenoxy) is 1. The molecule has 156 valence electrons. The van der Waals surface area contributed by atoms with Gasteiger partial charge in [-0.1, -0.05) is 30.3 Å². The quantitative estimate of drug-likeness (QED) is 0.464. The molecular weight excluding hydrogens is 400 g/mol. The molecule has 0 aliphatic rings. The van der Waals surface area contributed by atoms with Gasteiger partial charge in [-0.15, -0.1) is 0 Å². The van der Waals surface area contributed by atoms with Gasteiger partial charge in [-0.3, -0.25) is 9.78 Å². The van der Waals surface area contributed by atoms with Gasteiger partial charge in [0, 0.05) is 29.9 Å². The second-order valence-electron chi connectivity index (χ2n) is 6.84. The molecule has 2 heterocycles. The lowest BCUT2D eigenvalue weighted by atomic mass is 10.0. The highest BCUT2D eigenvalue weighted by Crippen LogP contribution is 2.24. The molecular formula is C24H19F2N3O2. The molecule has 0 spiro atoms. The van der Waals surface area contributed by atoms with Crippen molar-refractivity contribution in [2.75, 3.05) is 6.54 Å². The molecule has 7 heteroatoms. The predicted octanol–water partition coefficient (Wildman–Crippen LogP) is 4.87. The maximum Gasteiger partial charge on any atom is 0.387 e. The van der Waals surface area contributed by atoms with Gasteiger partial charge in [0.2, 0.25) is 0 Å². The number of hydrogen-bond acceptors (Lipinski definition) is 4. The molecule has 0 atom stereocenters. The summed E-state index contributed by atoms with van der Waals surface area (Å²) in [4.78, 5) is 21.7. The van der Waals surface area contributed by atoms with E-state index in [9.17, 15) is 13.6 Å². The molecule has 4 aromatic rings. The van der Waals surface area contributed by atoms with E-state index in [-0.39, 0.29) is 11.7 Å². The molecule has 0 saturated carbocycles. The van der Waals surface area contributed by atoms with E-state index in [1.54, 1.807) is 30.6 Å². The highest BCUT2D eigenvalue weighted by molar-refractivity contribution is 6.07. The van der Waals surface area contributed by atoms with E-state index >= 15 is 0 Å². The molecule has 2 aromatic heterocycles. The van der Waals surface area contributed by atoms with Crippen LogP contribution in [-0.2, 0) is 6.42 Å². The largest absolute Gasteiger partial charge is 0.435 e. The minimum absolute atomic E-state index is 0.106. The fourth-order valence-electron chi connectivity index (χ4n) is 3.28. The first-order chi connectivity index (χ1) is 15.1. The summed E-state index contributed by atoms with van der Waals surface area (Å²) in [6, 6.07) is 19.3. The zero-order chi connectivity index (χ0) is 21.6. The number of carbonyl (C=O) groups excluding carboxylic acids is 1. The topological polar surface area (TPSA) is 64.1 Å². The molecule has 0 aliphatic carbocycles. The Morgan fingerprint density at radius 3 is 2.58 bits per heavy atom. The number of fused-ring (bicyclic) bond motifs is 1. The lowest BCUT2D eigenvalue weighted by Crippen LogP contribution is -2.26. The number of para-hydroxylation sites is 1. The van der Waals surface area contributed by atoms with Crippen molar-refractivity contribution in [2.24, 2.45) is 0 Å². The fourth-order valence-corrected chi connectivity index (χ4v) is 3.28. The number of benzene rings is 2. The summed E-state index contributed by atoms with van der Waals surface area (Å²) in [5, 5.41) is 3.70. The molecule has 1 N–H and O–H groups in total. The number of carbonyl (C=O) groups is 1. The van der Waals surface area contributed by atoms with E-state index in [2.05, 4.69) is 20.0 Å². The Hall–Kier alpha value is -3.87. The van der Waals surface area contributed by atoms with Crippen LogP contribution in [-0.4, -0.2) is 29.0 Å². The van der Waals surface area contributed by atoms with Crippen LogP contribution in [0.4, 0.5) is 8.78 Å². The van der Waals surface area contributed by atoms with Gasteiger partial charge < -0.3 is 10.1 Å². The summed E-state index contributed by atoms with van der Waals surface area (Å²) in [5.41, 5.74) is 3.66. The van der Waals surface area contributed by atoms with Crippen LogP contribution in [0.15, 0.2) is 79.1 Å². The molecule has 4 rings (SSSR count). The second-order valence-corrected chi connectivity index (χ2v) is 6.84. The lowest BCUT2D eigenvalue weighted by molar-refractivity contribution is -0.0498. The molecule has 0 fully saturated rings. The molecule has 31 heavy (non-hydrogen) atoms. The number of rotatable bonds is 7. The molecule has 5 nitrogen and oxygen atoms in total. The SMILES string of the molecule is O=C(NCCc1ccc(OC(F)F)cc1)c1cc(-c2cccnc2)nc2ccccc12. The average molecular weight is 419 g/mol. The Balaban J connectivity index is 1.49. The predicted molar refractivity (Wildman–Crippen MR) is 114 cm³/mol. The third-order valence-corrected chi connectivity index (χ3v) is 4.77. The van der Waals surface area contributed by atoms with Crippen molar-refractivity contribution in [3.63, 3.8) is 0 Å². The minimum atomic E-state index is -2.85. The zero-order valence-corrected chi connectivity index (χ0v) is 16.5. The second kappa shape index (κ2) is 9.30. The molecule has 1 amide bonds. The standard InChI is InChI=1S/C24H19F2N3O2/c25-24(26)31-18-9-7-16(8-10-18)11-13-28-23(30)20-14-22(17-4-3-12-27-15-17)29-21-6-2-1-5-19(20)21/h1-10,12,14-15,24H,11,13H2,(H,28,30). The van der Waals surface area contributed by atoms with E-state index in [0.717, 1.165) is 22.0 Å². The summed E-state index contributed by atoms with van der Waals surface area (Å²) in [6.45, 7) is -2.45. The lowest BCUT2D eigenvalue weighted by Gasteiger charge is -2.11. The van der Waals surface area contributed by atoms with Crippen LogP contribution in [0.3, 0.4) is 0 Å². The number of hydrogen-bond donors (Lipinski definition) is 1. The molecule has 2 aromatic carbocycles. The van der Waals surface area contributed by atoms with Gasteiger partial charge in [-0.25, -0.2) is 4.98 Å². The van der Waals surface area contributed by atoms with E-state index in [1.807, 2.05) is 36.4 Å². The number of nitrogens with one attached hydrogen (secondary N) is 1. The van der Waals surface area contributed by atoms with Gasteiger partial charge in [0.05, 0.1) is 16.8 Å². The normalized spacial score (nSPS) is 10.9. The number of nitrogens with zero attached hydrogens (tertiary/aromatic N) is 2. The van der Waals surface area contributed by atoms with Crippen molar-refractivity contribution in [3.05, 3.63) is 90.3 Å². The maximum absolute atomic E-state index is 12.9. The van der Waals surface area contributed by atoms with Gasteiger partial charge in [-0.05, 0) is 48.4 Å². The van der Waals surface area contributed by atoms with E-state index in [0.29, 0.717) is 24.2 Å². The first-order valence-corrected chi connectivity index (χ1v) is 9.72. The van der Waals surface area contributed by atoms with Crippen molar-refractivity contribution in [3.8, 4) is 17.0 Å². The number of halogens is 2. The van der Waals surface area contributed by atoms with E-state index in [4.69, 9.17) is 0 Å². The van der Waals surface area contributed by atoms with Crippen molar-refractivity contribution in [1.29, 1.82) is 0 Å². The van der Waals surface area contributed by atoms with Crippen molar-refractivity contribution < 1.29 is 18.3 Å². The van der Waals surface area contributed by atoms with Crippen molar-refractivity contribution in [1.82, 2.24) is 15.3 Å². The van der Waals surface area contributed by atoms with E-state index < -0.39 is 6.61 Å². The summed E-state index contributed by atoms with van der Waals surface area (Å²) in [6.07, 6.45) is 3.95. The van der Waals surface area contributed by atoms with Crippen LogP contribution >= 0.6 is 0 Å². The van der Waals surface area contributed by atoms with Crippen LogP contribution in [0.2, 0.25) is 0 Å². The number of alkyl halides is 2. The molecule has 0 unspecified atom stereocenters. The fraction of sp³-hybridized carbons (Fsp3) is 0.125. The Kier molecular flexibility index (Phi) is 6.12. The highest BCUT2D eigenvalue weighted by Gasteiger charge is 2.14.